The highest BCUT2D eigenvalue weighted by Gasteiger charge is 2.25. The van der Waals surface area contributed by atoms with E-state index in [0.29, 0.717) is 17.9 Å². The normalized spacial score (nSPS) is 15.9. The molecule has 1 saturated heterocycles. The maximum Gasteiger partial charge on any atom is 0.255 e. The zero-order chi connectivity index (χ0) is 19.1. The Morgan fingerprint density at radius 1 is 1.15 bits per heavy atom. The van der Waals surface area contributed by atoms with Gasteiger partial charge in [0.1, 0.15) is 11.5 Å². The molecule has 2 amide bonds. The number of amides is 2. The highest BCUT2D eigenvalue weighted by molar-refractivity contribution is 5.97. The van der Waals surface area contributed by atoms with E-state index in [1.807, 2.05) is 12.1 Å². The van der Waals surface area contributed by atoms with E-state index in [1.165, 1.54) is 6.42 Å². The minimum Gasteiger partial charge on any atom is -0.483 e. The first-order chi connectivity index (χ1) is 13.1. The number of primary amides is 1. The van der Waals surface area contributed by atoms with Gasteiger partial charge in [-0.25, -0.2) is 0 Å². The summed E-state index contributed by atoms with van der Waals surface area (Å²) in [6, 6.07) is 10.6. The molecule has 0 bridgehead atoms. The minimum absolute atomic E-state index is 0.0112. The van der Waals surface area contributed by atoms with Crippen molar-refractivity contribution < 1.29 is 18.7 Å². The first-order valence-corrected chi connectivity index (χ1v) is 9.21. The van der Waals surface area contributed by atoms with Crippen LogP contribution in [0, 0.1) is 0 Å². The van der Waals surface area contributed by atoms with Crippen molar-refractivity contribution in [2.75, 3.05) is 26.2 Å². The van der Waals surface area contributed by atoms with Crippen molar-refractivity contribution in [1.82, 2.24) is 10.2 Å². The Morgan fingerprint density at radius 2 is 1.93 bits per heavy atom. The van der Waals surface area contributed by atoms with Gasteiger partial charge >= 0.3 is 0 Å². The van der Waals surface area contributed by atoms with Crippen LogP contribution in [0.3, 0.4) is 0 Å². The van der Waals surface area contributed by atoms with E-state index in [9.17, 15) is 9.59 Å². The van der Waals surface area contributed by atoms with Crippen molar-refractivity contribution in [2.45, 2.75) is 25.3 Å². The molecule has 1 aliphatic heterocycles. The Bertz CT molecular complexity index is 754. The third kappa shape index (κ3) is 5.10. The van der Waals surface area contributed by atoms with Gasteiger partial charge in [-0.3, -0.25) is 14.5 Å². The Labute approximate surface area is 158 Å². The highest BCUT2D eigenvalue weighted by atomic mass is 16.5. The first-order valence-electron chi connectivity index (χ1n) is 9.21. The largest absolute Gasteiger partial charge is 0.483 e. The van der Waals surface area contributed by atoms with Gasteiger partial charge in [0.15, 0.2) is 6.61 Å². The Balaban J connectivity index is 1.68. The smallest absolute Gasteiger partial charge is 0.255 e. The lowest BCUT2D eigenvalue weighted by atomic mass is 10.1. The molecule has 7 heteroatoms. The molecular weight excluding hydrogens is 346 g/mol. The highest BCUT2D eigenvalue weighted by Crippen LogP contribution is 2.25. The molecule has 0 aliphatic carbocycles. The topological polar surface area (TPSA) is 97.8 Å². The van der Waals surface area contributed by atoms with Crippen LogP contribution >= 0.6 is 0 Å². The number of nitrogens with one attached hydrogen (secondary N) is 1. The lowest BCUT2D eigenvalue weighted by Gasteiger charge is -2.33. The van der Waals surface area contributed by atoms with E-state index in [4.69, 9.17) is 14.9 Å². The number of rotatable bonds is 8. The molecule has 7 nitrogen and oxygen atoms in total. The quantitative estimate of drug-likeness (QED) is 0.741. The van der Waals surface area contributed by atoms with Crippen molar-refractivity contribution in [3.8, 4) is 5.75 Å². The molecule has 1 aliphatic rings. The van der Waals surface area contributed by atoms with Crippen molar-refractivity contribution in [2.24, 2.45) is 5.73 Å². The van der Waals surface area contributed by atoms with Gasteiger partial charge < -0.3 is 20.2 Å². The molecule has 144 valence electrons. The summed E-state index contributed by atoms with van der Waals surface area (Å²) < 4.78 is 11.0. The fourth-order valence-electron chi connectivity index (χ4n) is 3.33. The lowest BCUT2D eigenvalue weighted by molar-refractivity contribution is -0.119. The molecule has 27 heavy (non-hydrogen) atoms. The molecule has 1 atom stereocenters. The second-order valence-corrected chi connectivity index (χ2v) is 6.59. The van der Waals surface area contributed by atoms with Crippen molar-refractivity contribution in [3.63, 3.8) is 0 Å². The van der Waals surface area contributed by atoms with Gasteiger partial charge in [-0.2, -0.15) is 0 Å². The van der Waals surface area contributed by atoms with Crippen LogP contribution in [-0.2, 0) is 4.79 Å². The van der Waals surface area contributed by atoms with Crippen LogP contribution in [0.2, 0.25) is 0 Å². The number of nitrogens with two attached hydrogens (primary N) is 1. The number of carbonyl (C=O) groups is 2. The van der Waals surface area contributed by atoms with E-state index in [1.54, 1.807) is 30.5 Å². The molecule has 2 aromatic rings. The van der Waals surface area contributed by atoms with Gasteiger partial charge in [0.25, 0.3) is 11.8 Å². The number of furan rings is 1. The molecular formula is C20H25N3O4. The third-order valence-corrected chi connectivity index (χ3v) is 4.66. The standard InChI is InChI=1S/C20H25N3O4/c21-19(24)14-27-17-8-3-2-7-15(17)20(25)22-13-16(18-9-6-12-26-18)23-10-4-1-5-11-23/h2-3,6-9,12,16H,1,4-5,10-11,13-14H2,(H2,21,24)(H,22,25). The van der Waals surface area contributed by atoms with Gasteiger partial charge in [-0.05, 0) is 50.2 Å². The van der Waals surface area contributed by atoms with Crippen molar-refractivity contribution in [1.29, 1.82) is 0 Å². The summed E-state index contributed by atoms with van der Waals surface area (Å²) in [7, 11) is 0. The van der Waals surface area contributed by atoms with E-state index in [-0.39, 0.29) is 18.6 Å². The number of hydrogen-bond acceptors (Lipinski definition) is 5. The third-order valence-electron chi connectivity index (χ3n) is 4.66. The number of hydrogen-bond donors (Lipinski definition) is 2. The van der Waals surface area contributed by atoms with Gasteiger partial charge in [-0.15, -0.1) is 0 Å². The summed E-state index contributed by atoms with van der Waals surface area (Å²) in [6.07, 6.45) is 5.18. The van der Waals surface area contributed by atoms with Crippen molar-refractivity contribution >= 4 is 11.8 Å². The number of para-hydroxylation sites is 1. The van der Waals surface area contributed by atoms with E-state index in [0.717, 1.165) is 31.7 Å². The molecule has 3 rings (SSSR count). The van der Waals surface area contributed by atoms with Crippen LogP contribution in [0.15, 0.2) is 47.1 Å². The monoisotopic (exact) mass is 371 g/mol. The molecule has 0 spiro atoms. The van der Waals surface area contributed by atoms with E-state index in [2.05, 4.69) is 10.2 Å². The summed E-state index contributed by atoms with van der Waals surface area (Å²) >= 11 is 0. The molecule has 1 aromatic carbocycles. The summed E-state index contributed by atoms with van der Waals surface area (Å²) in [5.41, 5.74) is 5.49. The van der Waals surface area contributed by atoms with Gasteiger partial charge in [0.2, 0.25) is 0 Å². The Kier molecular flexibility index (Phi) is 6.49. The molecule has 3 N–H and O–H groups in total. The molecule has 1 fully saturated rings. The second kappa shape index (κ2) is 9.23. The van der Waals surface area contributed by atoms with Gasteiger partial charge in [0, 0.05) is 6.54 Å². The maximum atomic E-state index is 12.7. The number of likely N-dealkylation sites (tertiary alicyclic amines) is 1. The fraction of sp³-hybridized carbons (Fsp3) is 0.400. The Morgan fingerprint density at radius 3 is 2.63 bits per heavy atom. The number of ether oxygens (including phenoxy) is 1. The predicted molar refractivity (Wildman–Crippen MR) is 100 cm³/mol. The van der Waals surface area contributed by atoms with Crippen LogP contribution in [-0.4, -0.2) is 43.0 Å². The summed E-state index contributed by atoms with van der Waals surface area (Å²) in [5.74, 6) is 0.327. The van der Waals surface area contributed by atoms with Crippen LogP contribution in [0.1, 0.15) is 41.4 Å². The van der Waals surface area contributed by atoms with Crippen molar-refractivity contribution in [3.05, 3.63) is 54.0 Å². The van der Waals surface area contributed by atoms with E-state index >= 15 is 0 Å². The van der Waals surface area contributed by atoms with Gasteiger partial charge in [-0.1, -0.05) is 18.6 Å². The zero-order valence-corrected chi connectivity index (χ0v) is 15.2. The number of nitrogens with zero attached hydrogens (tertiary/aromatic N) is 1. The average molecular weight is 371 g/mol. The summed E-state index contributed by atoms with van der Waals surface area (Å²) in [5, 5.41) is 2.98. The van der Waals surface area contributed by atoms with Crippen LogP contribution in [0.4, 0.5) is 0 Å². The summed E-state index contributed by atoms with van der Waals surface area (Å²) in [6.45, 7) is 2.13. The first kappa shape index (κ1) is 19.0. The lowest BCUT2D eigenvalue weighted by Crippen LogP contribution is -2.40. The molecule has 1 unspecified atom stereocenters. The number of carbonyl (C=O) groups excluding carboxylic acids is 2. The van der Waals surface area contributed by atoms with Gasteiger partial charge in [0.05, 0.1) is 17.9 Å². The SMILES string of the molecule is NC(=O)COc1ccccc1C(=O)NCC(c1ccco1)N1CCCCC1. The maximum absolute atomic E-state index is 12.7. The molecule has 2 heterocycles. The number of benzene rings is 1. The van der Waals surface area contributed by atoms with Crippen LogP contribution in [0.5, 0.6) is 5.75 Å². The van der Waals surface area contributed by atoms with E-state index < -0.39 is 5.91 Å². The average Bonchev–Trinajstić information content (AvgIpc) is 3.22. The predicted octanol–water partition coefficient (Wildman–Crippen LogP) is 2.10. The molecule has 1 aromatic heterocycles. The minimum atomic E-state index is -0.590. The zero-order valence-electron chi connectivity index (χ0n) is 15.2. The fourth-order valence-corrected chi connectivity index (χ4v) is 3.33. The molecule has 0 saturated carbocycles. The Hall–Kier alpha value is -2.80. The molecule has 0 radical (unpaired) electrons. The summed E-state index contributed by atoms with van der Waals surface area (Å²) in [4.78, 5) is 26.0. The van der Waals surface area contributed by atoms with Crippen LogP contribution < -0.4 is 15.8 Å². The van der Waals surface area contributed by atoms with Crippen LogP contribution in [0.25, 0.3) is 0 Å². The number of piperidine rings is 1. The second-order valence-electron chi connectivity index (χ2n) is 6.59.